The zero-order valence-corrected chi connectivity index (χ0v) is 12.8. The largest absolute Gasteiger partial charge is 0.347 e. The summed E-state index contributed by atoms with van der Waals surface area (Å²) in [7, 11) is 0. The van der Waals surface area contributed by atoms with Gasteiger partial charge in [-0.05, 0) is 34.8 Å². The summed E-state index contributed by atoms with van der Waals surface area (Å²) in [6, 6.07) is 0. The number of aromatic nitrogens is 2. The molecule has 0 aliphatic carbocycles. The summed E-state index contributed by atoms with van der Waals surface area (Å²) in [5.74, 6) is 0.157. The quantitative estimate of drug-likeness (QED) is 0.740. The number of hydrogen-bond acceptors (Lipinski definition) is 3. The lowest BCUT2D eigenvalue weighted by atomic mass is 10.1. The van der Waals surface area contributed by atoms with Gasteiger partial charge in [0.15, 0.2) is 5.69 Å². The standard InChI is InChI=1S/C13H19BrN4O/c1-8(2)11-10(14)12(18-17-11)13(19)16-7-9-3-5-15-6-4-9/h3,8,15H,4-7H2,1-2H3,(H,16,19)(H,17,18). The van der Waals surface area contributed by atoms with Gasteiger partial charge in [0, 0.05) is 13.1 Å². The van der Waals surface area contributed by atoms with Crippen LogP contribution in [0.1, 0.15) is 42.4 Å². The second-order valence-corrected chi connectivity index (χ2v) is 5.75. The number of nitrogens with one attached hydrogen (secondary N) is 3. The molecule has 1 aromatic heterocycles. The van der Waals surface area contributed by atoms with Crippen LogP contribution in [0.3, 0.4) is 0 Å². The summed E-state index contributed by atoms with van der Waals surface area (Å²) in [6.45, 7) is 6.57. The van der Waals surface area contributed by atoms with Crippen molar-refractivity contribution in [1.82, 2.24) is 20.8 Å². The maximum atomic E-state index is 12.1. The first-order valence-electron chi connectivity index (χ1n) is 6.50. The Kier molecular flexibility index (Phi) is 4.76. The summed E-state index contributed by atoms with van der Waals surface area (Å²) in [6.07, 6.45) is 3.11. The van der Waals surface area contributed by atoms with Crippen molar-refractivity contribution in [3.63, 3.8) is 0 Å². The molecule has 5 nitrogen and oxygen atoms in total. The van der Waals surface area contributed by atoms with Gasteiger partial charge in [-0.1, -0.05) is 25.5 Å². The highest BCUT2D eigenvalue weighted by Crippen LogP contribution is 2.25. The molecule has 0 unspecified atom stereocenters. The van der Waals surface area contributed by atoms with Gasteiger partial charge in [-0.2, -0.15) is 5.10 Å². The van der Waals surface area contributed by atoms with Crippen LogP contribution in [0.15, 0.2) is 16.1 Å². The molecule has 0 fully saturated rings. The zero-order chi connectivity index (χ0) is 13.8. The maximum Gasteiger partial charge on any atom is 0.273 e. The van der Waals surface area contributed by atoms with Gasteiger partial charge in [0.05, 0.1) is 10.2 Å². The average molecular weight is 327 g/mol. The van der Waals surface area contributed by atoms with E-state index in [2.05, 4.69) is 56.7 Å². The molecule has 0 radical (unpaired) electrons. The summed E-state index contributed by atoms with van der Waals surface area (Å²) in [5.41, 5.74) is 2.65. The van der Waals surface area contributed by atoms with Crippen LogP contribution in [0.4, 0.5) is 0 Å². The minimum atomic E-state index is -0.144. The highest BCUT2D eigenvalue weighted by molar-refractivity contribution is 9.10. The van der Waals surface area contributed by atoms with Crippen LogP contribution in [0, 0.1) is 0 Å². The van der Waals surface area contributed by atoms with E-state index in [1.54, 1.807) is 0 Å². The first-order chi connectivity index (χ1) is 9.09. The van der Waals surface area contributed by atoms with Crippen molar-refractivity contribution in [3.8, 4) is 0 Å². The number of rotatable bonds is 4. The molecular weight excluding hydrogens is 308 g/mol. The lowest BCUT2D eigenvalue weighted by Gasteiger charge is -2.14. The number of nitrogens with zero attached hydrogens (tertiary/aromatic N) is 1. The lowest BCUT2D eigenvalue weighted by Crippen LogP contribution is -2.30. The van der Waals surface area contributed by atoms with Crippen molar-refractivity contribution < 1.29 is 4.79 Å². The van der Waals surface area contributed by atoms with E-state index in [-0.39, 0.29) is 5.91 Å². The predicted molar refractivity (Wildman–Crippen MR) is 78.3 cm³/mol. The molecule has 1 amide bonds. The Bertz CT molecular complexity index is 493. The maximum absolute atomic E-state index is 12.1. The minimum absolute atomic E-state index is 0.144. The third-order valence-electron chi connectivity index (χ3n) is 3.16. The number of carbonyl (C=O) groups is 1. The number of halogens is 1. The van der Waals surface area contributed by atoms with E-state index in [0.717, 1.165) is 29.7 Å². The Morgan fingerprint density at radius 1 is 1.58 bits per heavy atom. The molecule has 1 aromatic rings. The molecular formula is C13H19BrN4O. The lowest BCUT2D eigenvalue weighted by molar-refractivity contribution is 0.0951. The average Bonchev–Trinajstić information content (AvgIpc) is 2.79. The van der Waals surface area contributed by atoms with E-state index in [1.807, 2.05) is 0 Å². The van der Waals surface area contributed by atoms with E-state index >= 15 is 0 Å². The van der Waals surface area contributed by atoms with E-state index in [0.29, 0.717) is 18.2 Å². The van der Waals surface area contributed by atoms with Gasteiger partial charge in [-0.3, -0.25) is 9.89 Å². The first-order valence-corrected chi connectivity index (χ1v) is 7.29. The summed E-state index contributed by atoms with van der Waals surface area (Å²) < 4.78 is 0.763. The molecule has 1 aliphatic heterocycles. The van der Waals surface area contributed by atoms with Crippen LogP contribution < -0.4 is 10.6 Å². The molecule has 0 aromatic carbocycles. The third-order valence-corrected chi connectivity index (χ3v) is 3.96. The number of carbonyl (C=O) groups excluding carboxylic acids is 1. The van der Waals surface area contributed by atoms with Crippen molar-refractivity contribution in [1.29, 1.82) is 0 Å². The van der Waals surface area contributed by atoms with Crippen molar-refractivity contribution >= 4 is 21.8 Å². The van der Waals surface area contributed by atoms with Gasteiger partial charge in [0.1, 0.15) is 0 Å². The van der Waals surface area contributed by atoms with Gasteiger partial charge in [-0.25, -0.2) is 0 Å². The van der Waals surface area contributed by atoms with Crippen LogP contribution >= 0.6 is 15.9 Å². The first kappa shape index (κ1) is 14.3. The molecule has 104 valence electrons. The number of amides is 1. The van der Waals surface area contributed by atoms with Gasteiger partial charge in [0.2, 0.25) is 0 Å². The van der Waals surface area contributed by atoms with Crippen LogP contribution in [-0.4, -0.2) is 35.7 Å². The van der Waals surface area contributed by atoms with Crippen LogP contribution in [-0.2, 0) is 0 Å². The summed E-state index contributed by atoms with van der Waals surface area (Å²) in [4.78, 5) is 12.1. The second-order valence-electron chi connectivity index (χ2n) is 4.95. The van der Waals surface area contributed by atoms with Crippen LogP contribution in [0.2, 0.25) is 0 Å². The van der Waals surface area contributed by atoms with Crippen molar-refractivity contribution in [2.45, 2.75) is 26.2 Å². The van der Waals surface area contributed by atoms with E-state index in [1.165, 1.54) is 5.57 Å². The Hall–Kier alpha value is -1.14. The van der Waals surface area contributed by atoms with Crippen molar-refractivity contribution in [3.05, 3.63) is 27.5 Å². The molecule has 2 rings (SSSR count). The number of H-pyrrole nitrogens is 1. The third kappa shape index (κ3) is 3.45. The predicted octanol–water partition coefficient (Wildman–Crippen LogP) is 1.95. The summed E-state index contributed by atoms with van der Waals surface area (Å²) in [5, 5.41) is 13.2. The molecule has 0 spiro atoms. The van der Waals surface area contributed by atoms with E-state index in [9.17, 15) is 4.79 Å². The molecule has 19 heavy (non-hydrogen) atoms. The smallest absolute Gasteiger partial charge is 0.273 e. The Morgan fingerprint density at radius 2 is 2.37 bits per heavy atom. The van der Waals surface area contributed by atoms with Crippen molar-refractivity contribution in [2.75, 3.05) is 19.6 Å². The van der Waals surface area contributed by atoms with Gasteiger partial charge < -0.3 is 10.6 Å². The van der Waals surface area contributed by atoms with Crippen LogP contribution in [0.5, 0.6) is 0 Å². The fraction of sp³-hybridized carbons (Fsp3) is 0.538. The van der Waals surface area contributed by atoms with Crippen molar-refractivity contribution in [2.24, 2.45) is 0 Å². The SMILES string of the molecule is CC(C)c1[nH]nc(C(=O)NCC2=CCNCC2)c1Br. The second kappa shape index (κ2) is 6.34. The molecule has 0 atom stereocenters. The highest BCUT2D eigenvalue weighted by Gasteiger charge is 2.19. The zero-order valence-electron chi connectivity index (χ0n) is 11.2. The molecule has 6 heteroatoms. The fourth-order valence-electron chi connectivity index (χ4n) is 1.98. The number of hydrogen-bond donors (Lipinski definition) is 3. The Labute approximate surface area is 121 Å². The molecule has 1 aliphatic rings. The van der Waals surface area contributed by atoms with Gasteiger partial charge in [-0.15, -0.1) is 0 Å². The van der Waals surface area contributed by atoms with Gasteiger partial charge >= 0.3 is 0 Å². The van der Waals surface area contributed by atoms with E-state index in [4.69, 9.17) is 0 Å². The monoisotopic (exact) mass is 326 g/mol. The Morgan fingerprint density at radius 3 is 2.95 bits per heavy atom. The normalized spacial score (nSPS) is 15.5. The van der Waals surface area contributed by atoms with Gasteiger partial charge in [0.25, 0.3) is 5.91 Å². The molecule has 2 heterocycles. The topological polar surface area (TPSA) is 69.8 Å². The Balaban J connectivity index is 1.98. The number of aromatic amines is 1. The minimum Gasteiger partial charge on any atom is -0.347 e. The molecule has 3 N–H and O–H groups in total. The molecule has 0 saturated carbocycles. The van der Waals surface area contributed by atoms with E-state index < -0.39 is 0 Å². The molecule has 0 bridgehead atoms. The van der Waals surface area contributed by atoms with Crippen LogP contribution in [0.25, 0.3) is 0 Å². The molecule has 0 saturated heterocycles. The summed E-state index contributed by atoms with van der Waals surface area (Å²) >= 11 is 3.44. The highest BCUT2D eigenvalue weighted by atomic mass is 79.9. The fourth-order valence-corrected chi connectivity index (χ4v) is 2.80.